The number of aromatic nitrogens is 1. The number of fused-ring (bicyclic) bond motifs is 3. The molecule has 2 aromatic heterocycles. The van der Waals surface area contributed by atoms with E-state index in [1.165, 1.54) is 5.52 Å². The molecule has 0 spiro atoms. The molecule has 0 fully saturated rings. The molecule has 3 heterocycles. The molecular weight excluding hydrogens is 189 g/mol. The number of hydrogen-bond donors (Lipinski definition) is 0. The Morgan fingerprint density at radius 2 is 2.30 bits per heavy atom. The van der Waals surface area contributed by atoms with Gasteiger partial charge in [0.1, 0.15) is 0 Å². The van der Waals surface area contributed by atoms with Crippen LogP contribution in [0, 0.1) is 0 Å². The first-order valence-corrected chi connectivity index (χ1v) is 4.94. The average Bonchev–Trinajstić information content (AvgIpc) is 2.64. The Balaban J connectivity index is 2.60. The number of nitrogens with zero attached hydrogens (tertiary/aromatic N) is 1. The van der Waals surface area contributed by atoms with E-state index in [0.717, 1.165) is 15.0 Å². The van der Waals surface area contributed by atoms with Gasteiger partial charge in [-0.25, -0.2) is 0 Å². The van der Waals surface area contributed by atoms with E-state index >= 15 is 0 Å². The van der Waals surface area contributed by atoms with Crippen molar-refractivity contribution in [3.05, 3.63) is 30.6 Å². The summed E-state index contributed by atoms with van der Waals surface area (Å²) in [4.78, 5) is 0. The fraction of sp³-hybridized carbons (Fsp3) is 0. The van der Waals surface area contributed by atoms with Crippen molar-refractivity contribution in [2.45, 2.75) is 0 Å². The van der Waals surface area contributed by atoms with E-state index in [2.05, 4.69) is 35.0 Å². The van der Waals surface area contributed by atoms with Gasteiger partial charge in [0.05, 0.1) is 0 Å². The molecule has 0 bridgehead atoms. The third-order valence-corrected chi connectivity index (χ3v) is 3.78. The summed E-state index contributed by atoms with van der Waals surface area (Å²) in [5, 5.41) is 0. The van der Waals surface area contributed by atoms with Crippen LogP contribution in [0.1, 0.15) is 0 Å². The van der Waals surface area contributed by atoms with Gasteiger partial charge in [-0.2, -0.15) is 0 Å². The van der Waals surface area contributed by atoms with Crippen LogP contribution >= 0.6 is 0 Å². The van der Waals surface area contributed by atoms with E-state index < -0.39 is 0 Å². The minimum absolute atomic E-state index is 0.737. The quantitative estimate of drug-likeness (QED) is 0.440. The third-order valence-electron chi connectivity index (χ3n) is 1.77. The summed E-state index contributed by atoms with van der Waals surface area (Å²) in [6.45, 7) is 0. The predicted molar refractivity (Wildman–Crippen MR) is 42.4 cm³/mol. The Morgan fingerprint density at radius 1 is 1.30 bits per heavy atom. The molecule has 0 aliphatic carbocycles. The topological polar surface area (TPSA) is 4.41 Å². The predicted octanol–water partition coefficient (Wildman–Crippen LogP) is -0.0923. The second kappa shape index (κ2) is 1.47. The Kier molecular flexibility index (Phi) is 0.735. The Bertz CT molecular complexity index is 403. The molecule has 0 radical (unpaired) electrons. The monoisotopic (exact) mass is 195 g/mol. The Morgan fingerprint density at radius 3 is 3.20 bits per heavy atom. The summed E-state index contributed by atoms with van der Waals surface area (Å²) in [6.07, 6.45) is 4.35. The molecule has 0 unspecified atom stereocenters. The molecule has 0 saturated carbocycles. The molecule has 10 heavy (non-hydrogen) atoms. The van der Waals surface area contributed by atoms with Gasteiger partial charge in [0.15, 0.2) is 0 Å². The first kappa shape index (κ1) is 5.00. The zero-order chi connectivity index (χ0) is 6.55. The van der Waals surface area contributed by atoms with Crippen molar-refractivity contribution in [3.8, 4) is 0 Å². The van der Waals surface area contributed by atoms with E-state index in [1.807, 2.05) is 0 Å². The second-order valence-corrected chi connectivity index (χ2v) is 4.63. The van der Waals surface area contributed by atoms with Crippen LogP contribution in [0.5, 0.6) is 0 Å². The molecule has 1 aliphatic heterocycles. The molecule has 1 aliphatic rings. The van der Waals surface area contributed by atoms with E-state index in [4.69, 9.17) is 0 Å². The van der Waals surface area contributed by atoms with E-state index in [0.29, 0.717) is 0 Å². The molecule has 0 amide bonds. The van der Waals surface area contributed by atoms with Crippen LogP contribution in [-0.2, 0) is 0 Å². The maximum absolute atomic E-state index is 2.24. The van der Waals surface area contributed by atoms with Gasteiger partial charge in [0, 0.05) is 0 Å². The van der Waals surface area contributed by atoms with Crippen LogP contribution in [0.15, 0.2) is 30.6 Å². The molecule has 2 heteroatoms. The van der Waals surface area contributed by atoms with Crippen LogP contribution < -0.4 is 8.92 Å². The van der Waals surface area contributed by atoms with E-state index in [9.17, 15) is 0 Å². The number of pyridine rings is 1. The van der Waals surface area contributed by atoms with Crippen molar-refractivity contribution in [1.82, 2.24) is 4.40 Å². The van der Waals surface area contributed by atoms with Gasteiger partial charge in [-0.3, -0.25) is 0 Å². The van der Waals surface area contributed by atoms with Crippen molar-refractivity contribution in [2.24, 2.45) is 0 Å². The van der Waals surface area contributed by atoms with Crippen molar-refractivity contribution in [2.75, 3.05) is 0 Å². The summed E-state index contributed by atoms with van der Waals surface area (Å²) in [5.41, 5.74) is 1.41. The van der Waals surface area contributed by atoms with Gasteiger partial charge in [-0.05, 0) is 0 Å². The second-order valence-electron chi connectivity index (χ2n) is 2.42. The fourth-order valence-electron chi connectivity index (χ4n) is 1.24. The molecule has 1 nitrogen and oxygen atoms in total. The summed E-state index contributed by atoms with van der Waals surface area (Å²) in [6, 6.07) is 6.36. The van der Waals surface area contributed by atoms with Crippen molar-refractivity contribution >= 4 is 29.4 Å². The summed E-state index contributed by atoms with van der Waals surface area (Å²) < 4.78 is 5.39. The SMILES string of the molecule is c1ccn2cc3c(c2c1)[Se]3. The zero-order valence-corrected chi connectivity index (χ0v) is 6.96. The standard InChI is InChI=1S/C8H5NSe/c1-2-4-9-5-7-8(10-7)6(9)3-1/h1-5H. The summed E-state index contributed by atoms with van der Waals surface area (Å²) in [5.74, 6) is 0. The molecule has 3 rings (SSSR count). The van der Waals surface area contributed by atoms with Gasteiger partial charge < -0.3 is 0 Å². The number of hydrogen-bond acceptors (Lipinski definition) is 0. The molecule has 48 valence electrons. The third kappa shape index (κ3) is 0.487. The molecule has 0 aromatic carbocycles. The van der Waals surface area contributed by atoms with Gasteiger partial charge in [0.25, 0.3) is 0 Å². The maximum atomic E-state index is 2.24. The van der Waals surface area contributed by atoms with Crippen molar-refractivity contribution < 1.29 is 0 Å². The fourth-order valence-corrected chi connectivity index (χ4v) is 2.85. The zero-order valence-electron chi connectivity index (χ0n) is 5.24. The van der Waals surface area contributed by atoms with Crippen LogP contribution in [-0.4, -0.2) is 19.4 Å². The normalized spacial score (nSPS) is 13.6. The van der Waals surface area contributed by atoms with Crippen molar-refractivity contribution in [1.29, 1.82) is 0 Å². The number of rotatable bonds is 0. The van der Waals surface area contributed by atoms with E-state index in [-0.39, 0.29) is 0 Å². The molecule has 0 saturated heterocycles. The average molecular weight is 194 g/mol. The summed E-state index contributed by atoms with van der Waals surface area (Å²) >= 11 is 0.737. The molecule has 0 atom stereocenters. The van der Waals surface area contributed by atoms with Gasteiger partial charge in [0.2, 0.25) is 0 Å². The van der Waals surface area contributed by atoms with Crippen LogP contribution in [0.3, 0.4) is 0 Å². The first-order valence-electron chi connectivity index (χ1n) is 3.23. The molecule has 2 aromatic rings. The minimum atomic E-state index is 0.737. The van der Waals surface area contributed by atoms with Crippen molar-refractivity contribution in [3.63, 3.8) is 0 Å². The summed E-state index contributed by atoms with van der Waals surface area (Å²) in [7, 11) is 0. The molecular formula is C8H5NSe. The van der Waals surface area contributed by atoms with Gasteiger partial charge >= 0.3 is 64.4 Å². The first-order chi connectivity index (χ1) is 4.95. The Labute approximate surface area is 64.8 Å². The van der Waals surface area contributed by atoms with Gasteiger partial charge in [-0.1, -0.05) is 0 Å². The van der Waals surface area contributed by atoms with Crippen LogP contribution in [0.2, 0.25) is 0 Å². The van der Waals surface area contributed by atoms with Crippen LogP contribution in [0.25, 0.3) is 5.52 Å². The molecule has 0 N–H and O–H groups in total. The van der Waals surface area contributed by atoms with E-state index in [1.54, 1.807) is 8.92 Å². The Hall–Kier alpha value is -0.721. The van der Waals surface area contributed by atoms with Crippen LogP contribution in [0.4, 0.5) is 0 Å². The van der Waals surface area contributed by atoms with Gasteiger partial charge in [-0.15, -0.1) is 0 Å².